The minimum Gasteiger partial charge on any atom is -0.484 e. The van der Waals surface area contributed by atoms with Crippen LogP contribution in [0.1, 0.15) is 15.9 Å². The fraction of sp³-hybridized carbons (Fsp3) is 0.158. The van der Waals surface area contributed by atoms with Crippen molar-refractivity contribution in [1.29, 1.82) is 0 Å². The van der Waals surface area contributed by atoms with E-state index in [1.54, 1.807) is 50.5 Å². The first kappa shape index (κ1) is 18.9. The van der Waals surface area contributed by atoms with Gasteiger partial charge in [-0.05, 0) is 54.6 Å². The van der Waals surface area contributed by atoms with Crippen molar-refractivity contribution in [3.8, 4) is 5.75 Å². The molecule has 130 valence electrons. The van der Waals surface area contributed by atoms with Gasteiger partial charge in [-0.3, -0.25) is 9.59 Å². The molecule has 0 aromatic heterocycles. The average Bonchev–Trinajstić information content (AvgIpc) is 2.60. The van der Waals surface area contributed by atoms with Crippen LogP contribution in [0.25, 0.3) is 6.08 Å². The number of allylic oxidation sites excluding steroid dienone is 1. The van der Waals surface area contributed by atoms with Gasteiger partial charge < -0.3 is 9.64 Å². The van der Waals surface area contributed by atoms with E-state index in [4.69, 9.17) is 4.74 Å². The number of ether oxygens (including phenoxy) is 1. The summed E-state index contributed by atoms with van der Waals surface area (Å²) >= 11 is 3.26. The Hall–Kier alpha value is -2.47. The first-order valence-electron chi connectivity index (χ1n) is 7.47. The summed E-state index contributed by atoms with van der Waals surface area (Å²) in [5, 5.41) is 0. The maximum atomic E-state index is 13.7. The molecule has 0 fully saturated rings. The highest BCUT2D eigenvalue weighted by atomic mass is 79.9. The summed E-state index contributed by atoms with van der Waals surface area (Å²) in [6.07, 6.45) is 2.75. The number of ketones is 1. The number of benzene rings is 2. The fourth-order valence-electron chi connectivity index (χ4n) is 1.89. The molecule has 1 amide bonds. The van der Waals surface area contributed by atoms with Gasteiger partial charge in [-0.25, -0.2) is 4.39 Å². The topological polar surface area (TPSA) is 46.6 Å². The Labute approximate surface area is 154 Å². The number of rotatable bonds is 6. The first-order chi connectivity index (χ1) is 11.9. The quantitative estimate of drug-likeness (QED) is 0.539. The summed E-state index contributed by atoms with van der Waals surface area (Å²) in [5.74, 6) is -0.315. The van der Waals surface area contributed by atoms with Gasteiger partial charge >= 0.3 is 0 Å². The van der Waals surface area contributed by atoms with E-state index in [0.29, 0.717) is 16.9 Å². The summed E-state index contributed by atoms with van der Waals surface area (Å²) < 4.78 is 19.7. The summed E-state index contributed by atoms with van der Waals surface area (Å²) in [6.45, 7) is -0.0671. The van der Waals surface area contributed by atoms with E-state index in [0.717, 1.165) is 4.47 Å². The number of halogens is 2. The van der Waals surface area contributed by atoms with E-state index in [2.05, 4.69) is 15.9 Å². The second-order valence-corrected chi connectivity index (χ2v) is 6.38. The Kier molecular flexibility index (Phi) is 6.47. The molecular weight excluding hydrogens is 389 g/mol. The van der Waals surface area contributed by atoms with Gasteiger partial charge in [0.05, 0.1) is 0 Å². The Bertz CT molecular complexity index is 801. The van der Waals surface area contributed by atoms with Crippen LogP contribution in [0.15, 0.2) is 53.0 Å². The minimum absolute atomic E-state index is 0.0671. The predicted octanol–water partition coefficient (Wildman–Crippen LogP) is 3.95. The monoisotopic (exact) mass is 405 g/mol. The molecule has 0 aliphatic rings. The SMILES string of the molecule is CN(C)C(=O)COc1ccc(C(=O)/C=C/c2cc(Br)ccc2F)cc1. The van der Waals surface area contributed by atoms with Gasteiger partial charge in [0.15, 0.2) is 12.4 Å². The number of nitrogens with zero attached hydrogens (tertiary/aromatic N) is 1. The smallest absolute Gasteiger partial charge is 0.259 e. The van der Waals surface area contributed by atoms with Crippen molar-refractivity contribution in [2.45, 2.75) is 0 Å². The van der Waals surface area contributed by atoms with E-state index in [9.17, 15) is 14.0 Å². The standard InChI is InChI=1S/C19H17BrFNO3/c1-22(2)19(24)12-25-16-7-3-13(4-8-16)18(23)10-5-14-11-15(20)6-9-17(14)21/h3-11H,12H2,1-2H3/b10-5+. The molecule has 0 atom stereocenters. The maximum Gasteiger partial charge on any atom is 0.259 e. The number of hydrogen-bond acceptors (Lipinski definition) is 3. The first-order valence-corrected chi connectivity index (χ1v) is 8.26. The van der Waals surface area contributed by atoms with Crippen molar-refractivity contribution < 1.29 is 18.7 Å². The van der Waals surface area contributed by atoms with E-state index in [1.165, 1.54) is 23.1 Å². The molecule has 4 nitrogen and oxygen atoms in total. The zero-order valence-electron chi connectivity index (χ0n) is 13.8. The summed E-state index contributed by atoms with van der Waals surface area (Å²) in [4.78, 5) is 25.1. The molecular formula is C19H17BrFNO3. The zero-order chi connectivity index (χ0) is 18.4. The van der Waals surface area contributed by atoms with Gasteiger partial charge in [0, 0.05) is 29.7 Å². The second-order valence-electron chi connectivity index (χ2n) is 5.46. The van der Waals surface area contributed by atoms with Crippen LogP contribution in [0.2, 0.25) is 0 Å². The number of amides is 1. The zero-order valence-corrected chi connectivity index (χ0v) is 15.4. The third-order valence-electron chi connectivity index (χ3n) is 3.37. The lowest BCUT2D eigenvalue weighted by molar-refractivity contribution is -0.130. The lowest BCUT2D eigenvalue weighted by atomic mass is 10.1. The Balaban J connectivity index is 2.01. The highest BCUT2D eigenvalue weighted by Crippen LogP contribution is 2.18. The second kappa shape index (κ2) is 8.58. The molecule has 2 rings (SSSR count). The van der Waals surface area contributed by atoms with Gasteiger partial charge in [-0.2, -0.15) is 0 Å². The number of likely N-dealkylation sites (N-methyl/N-ethyl adjacent to an activating group) is 1. The summed E-state index contributed by atoms with van der Waals surface area (Å²) in [6, 6.07) is 10.9. The number of hydrogen-bond donors (Lipinski definition) is 0. The van der Waals surface area contributed by atoms with Crippen molar-refractivity contribution >= 4 is 33.7 Å². The largest absolute Gasteiger partial charge is 0.484 e. The predicted molar refractivity (Wildman–Crippen MR) is 98.1 cm³/mol. The van der Waals surface area contributed by atoms with Gasteiger partial charge in [-0.15, -0.1) is 0 Å². The fourth-order valence-corrected chi connectivity index (χ4v) is 2.27. The third-order valence-corrected chi connectivity index (χ3v) is 3.87. The molecule has 0 aliphatic heterocycles. The van der Waals surface area contributed by atoms with E-state index in [-0.39, 0.29) is 18.3 Å². The van der Waals surface area contributed by atoms with Crippen molar-refractivity contribution in [2.24, 2.45) is 0 Å². The van der Waals surface area contributed by atoms with Crippen LogP contribution >= 0.6 is 15.9 Å². The molecule has 2 aromatic rings. The highest BCUT2D eigenvalue weighted by molar-refractivity contribution is 9.10. The lowest BCUT2D eigenvalue weighted by Gasteiger charge is -2.11. The molecule has 0 spiro atoms. The molecule has 25 heavy (non-hydrogen) atoms. The molecule has 0 heterocycles. The number of carbonyl (C=O) groups is 2. The van der Waals surface area contributed by atoms with Crippen molar-refractivity contribution in [1.82, 2.24) is 4.90 Å². The van der Waals surface area contributed by atoms with Crippen LogP contribution in [-0.4, -0.2) is 37.3 Å². The molecule has 0 aliphatic carbocycles. The molecule has 0 unspecified atom stereocenters. The summed E-state index contributed by atoms with van der Waals surface area (Å²) in [7, 11) is 3.29. The summed E-state index contributed by atoms with van der Waals surface area (Å²) in [5.41, 5.74) is 0.766. The maximum absolute atomic E-state index is 13.7. The van der Waals surface area contributed by atoms with Gasteiger partial charge in [-0.1, -0.05) is 15.9 Å². The minimum atomic E-state index is -0.401. The van der Waals surface area contributed by atoms with Crippen molar-refractivity contribution in [2.75, 3.05) is 20.7 Å². The normalized spacial score (nSPS) is 10.7. The van der Waals surface area contributed by atoms with Gasteiger partial charge in [0.1, 0.15) is 11.6 Å². The molecule has 0 bridgehead atoms. The molecule has 6 heteroatoms. The molecule has 0 N–H and O–H groups in total. The van der Waals surface area contributed by atoms with E-state index in [1.807, 2.05) is 0 Å². The number of carbonyl (C=O) groups excluding carboxylic acids is 2. The van der Waals surface area contributed by atoms with Crippen LogP contribution in [0.4, 0.5) is 4.39 Å². The molecule has 0 saturated heterocycles. The molecule has 0 radical (unpaired) electrons. The van der Waals surface area contributed by atoms with E-state index >= 15 is 0 Å². The van der Waals surface area contributed by atoms with Crippen LogP contribution in [0.3, 0.4) is 0 Å². The highest BCUT2D eigenvalue weighted by Gasteiger charge is 2.07. The van der Waals surface area contributed by atoms with Gasteiger partial charge in [0.25, 0.3) is 5.91 Å². The molecule has 0 saturated carbocycles. The Morgan fingerprint density at radius 1 is 1.16 bits per heavy atom. The average molecular weight is 406 g/mol. The third kappa shape index (κ3) is 5.53. The molecule has 2 aromatic carbocycles. The van der Waals surface area contributed by atoms with Crippen molar-refractivity contribution in [3.05, 3.63) is 70.0 Å². The van der Waals surface area contributed by atoms with Crippen molar-refractivity contribution in [3.63, 3.8) is 0 Å². The van der Waals surface area contributed by atoms with Crippen LogP contribution in [0.5, 0.6) is 5.75 Å². The van der Waals surface area contributed by atoms with Crippen LogP contribution in [-0.2, 0) is 4.79 Å². The van der Waals surface area contributed by atoms with Gasteiger partial charge in [0.2, 0.25) is 0 Å². The Morgan fingerprint density at radius 2 is 1.84 bits per heavy atom. The van der Waals surface area contributed by atoms with Crippen LogP contribution in [0, 0.1) is 5.82 Å². The van der Waals surface area contributed by atoms with E-state index < -0.39 is 5.82 Å². The lowest BCUT2D eigenvalue weighted by Crippen LogP contribution is -2.27. The van der Waals surface area contributed by atoms with Crippen LogP contribution < -0.4 is 4.74 Å². The Morgan fingerprint density at radius 3 is 2.48 bits per heavy atom.